The summed E-state index contributed by atoms with van der Waals surface area (Å²) in [6.07, 6.45) is 0. The van der Waals surface area contributed by atoms with Crippen LogP contribution in [-0.2, 0) is 4.79 Å². The number of amides is 1. The summed E-state index contributed by atoms with van der Waals surface area (Å²) in [6.45, 7) is 1.41. The highest BCUT2D eigenvalue weighted by Crippen LogP contribution is 2.30. The largest absolute Gasteiger partial charge is 0.477 e. The number of carbonyl (C=O) groups excluding carboxylic acids is 1. The van der Waals surface area contributed by atoms with Crippen molar-refractivity contribution in [2.24, 2.45) is 0 Å². The van der Waals surface area contributed by atoms with Crippen LogP contribution in [0.3, 0.4) is 0 Å². The van der Waals surface area contributed by atoms with Crippen LogP contribution in [-0.4, -0.2) is 17.4 Å². The molecule has 1 heterocycles. The number of nitro groups is 1. The maximum atomic E-state index is 12.1. The van der Waals surface area contributed by atoms with Crippen LogP contribution in [0.15, 0.2) is 52.9 Å². The third kappa shape index (κ3) is 3.94. The Bertz CT molecular complexity index is 936. The van der Waals surface area contributed by atoms with E-state index >= 15 is 0 Å². The molecule has 26 heavy (non-hydrogen) atoms. The molecule has 1 amide bonds. The number of nitrogens with one attached hydrogen (secondary N) is 1. The first-order chi connectivity index (χ1) is 12.4. The van der Waals surface area contributed by atoms with Crippen molar-refractivity contribution in [1.29, 1.82) is 0 Å². The van der Waals surface area contributed by atoms with Crippen LogP contribution >= 0.6 is 11.6 Å². The summed E-state index contributed by atoms with van der Waals surface area (Å²) in [5.41, 5.74) is 0.437. The van der Waals surface area contributed by atoms with Crippen LogP contribution in [0, 0.1) is 10.1 Å². The second-order valence-electron chi connectivity index (χ2n) is 5.63. The Morgan fingerprint density at radius 1 is 1.31 bits per heavy atom. The Balaban J connectivity index is 1.63. The van der Waals surface area contributed by atoms with Gasteiger partial charge in [0, 0.05) is 16.5 Å². The van der Waals surface area contributed by atoms with Crippen LogP contribution in [0.1, 0.15) is 18.7 Å². The van der Waals surface area contributed by atoms with Crippen LogP contribution in [0.4, 0.5) is 5.69 Å². The molecule has 1 atom stereocenters. The molecule has 3 rings (SSSR count). The van der Waals surface area contributed by atoms with Crippen molar-refractivity contribution in [3.63, 3.8) is 0 Å². The van der Waals surface area contributed by atoms with Gasteiger partial charge in [0.05, 0.1) is 11.0 Å². The zero-order valence-corrected chi connectivity index (χ0v) is 14.5. The summed E-state index contributed by atoms with van der Waals surface area (Å²) in [4.78, 5) is 22.5. The summed E-state index contributed by atoms with van der Waals surface area (Å²) >= 11 is 5.74. The molecule has 0 aliphatic rings. The summed E-state index contributed by atoms with van der Waals surface area (Å²) in [5, 5.41) is 14.9. The fourth-order valence-corrected chi connectivity index (χ4v) is 2.63. The molecule has 8 heteroatoms. The van der Waals surface area contributed by atoms with Gasteiger partial charge in [-0.05, 0) is 31.2 Å². The van der Waals surface area contributed by atoms with Crippen molar-refractivity contribution in [2.75, 3.05) is 6.61 Å². The summed E-state index contributed by atoms with van der Waals surface area (Å²) in [7, 11) is 0. The highest BCUT2D eigenvalue weighted by molar-refractivity contribution is 6.30. The number of nitrogens with zero attached hydrogens (tertiary/aromatic N) is 1. The van der Waals surface area contributed by atoms with E-state index in [9.17, 15) is 14.9 Å². The number of hydrogen-bond donors (Lipinski definition) is 1. The summed E-state index contributed by atoms with van der Waals surface area (Å²) < 4.78 is 11.0. The minimum Gasteiger partial charge on any atom is -0.477 e. The Labute approximate surface area is 153 Å². The molecule has 0 bridgehead atoms. The van der Waals surface area contributed by atoms with Crippen LogP contribution in [0.2, 0.25) is 5.02 Å². The number of fused-ring (bicyclic) bond motifs is 1. The van der Waals surface area contributed by atoms with Crippen LogP contribution in [0.5, 0.6) is 5.75 Å². The van der Waals surface area contributed by atoms with E-state index in [2.05, 4.69) is 5.32 Å². The standard InChI is InChI=1S/C18H15ClN2O5/c1-11(17-8-12-4-2-3-5-15(12)26-17)20-18(22)10-25-16-7-6-13(19)9-14(16)21(23)24/h2-9,11H,10H2,1H3,(H,20,22)/t11-/m1/s1. The number of furan rings is 1. The van der Waals surface area contributed by atoms with Gasteiger partial charge in [0.2, 0.25) is 0 Å². The molecule has 0 fully saturated rings. The molecular weight excluding hydrogens is 360 g/mol. The molecule has 0 spiro atoms. The SMILES string of the molecule is C[C@@H](NC(=O)COc1ccc(Cl)cc1[N+](=O)[O-])c1cc2ccccc2o1. The molecule has 0 saturated carbocycles. The first-order valence-electron chi connectivity index (χ1n) is 7.78. The molecule has 134 valence electrons. The fraction of sp³-hybridized carbons (Fsp3) is 0.167. The third-order valence-electron chi connectivity index (χ3n) is 3.73. The van der Waals surface area contributed by atoms with Crippen molar-refractivity contribution in [2.45, 2.75) is 13.0 Å². The Morgan fingerprint density at radius 2 is 2.08 bits per heavy atom. The van der Waals surface area contributed by atoms with Crippen LogP contribution < -0.4 is 10.1 Å². The molecule has 0 radical (unpaired) electrons. The van der Waals surface area contributed by atoms with Gasteiger partial charge >= 0.3 is 5.69 Å². The Kier molecular flexibility index (Phi) is 5.09. The van der Waals surface area contributed by atoms with Gasteiger partial charge in [-0.15, -0.1) is 0 Å². The lowest BCUT2D eigenvalue weighted by Gasteiger charge is -2.12. The van der Waals surface area contributed by atoms with Gasteiger partial charge in [-0.2, -0.15) is 0 Å². The lowest BCUT2D eigenvalue weighted by atomic mass is 10.2. The number of rotatable bonds is 6. The van der Waals surface area contributed by atoms with Gasteiger partial charge in [-0.1, -0.05) is 29.8 Å². The van der Waals surface area contributed by atoms with E-state index in [0.29, 0.717) is 5.76 Å². The second kappa shape index (κ2) is 7.45. The quantitative estimate of drug-likeness (QED) is 0.514. The highest BCUT2D eigenvalue weighted by Gasteiger charge is 2.18. The molecule has 2 aromatic carbocycles. The van der Waals surface area contributed by atoms with Crippen molar-refractivity contribution >= 4 is 34.2 Å². The van der Waals surface area contributed by atoms with E-state index in [0.717, 1.165) is 11.0 Å². The third-order valence-corrected chi connectivity index (χ3v) is 3.96. The average Bonchev–Trinajstić information content (AvgIpc) is 3.05. The first kappa shape index (κ1) is 17.8. The normalized spacial score (nSPS) is 11.9. The number of benzene rings is 2. The van der Waals surface area contributed by atoms with E-state index in [1.165, 1.54) is 18.2 Å². The minimum atomic E-state index is -0.615. The molecule has 0 saturated heterocycles. The van der Waals surface area contributed by atoms with Crippen molar-refractivity contribution < 1.29 is 18.9 Å². The molecule has 7 nitrogen and oxygen atoms in total. The molecule has 0 aliphatic heterocycles. The molecule has 0 aliphatic carbocycles. The number of halogens is 1. The van der Waals surface area contributed by atoms with Crippen molar-refractivity contribution in [3.8, 4) is 5.75 Å². The second-order valence-corrected chi connectivity index (χ2v) is 6.07. The predicted molar refractivity (Wildman–Crippen MR) is 96.4 cm³/mol. The summed E-state index contributed by atoms with van der Waals surface area (Å²) in [6, 6.07) is 13.0. The molecular formula is C18H15ClN2O5. The smallest absolute Gasteiger partial charge is 0.312 e. The van der Waals surface area contributed by atoms with Crippen molar-refractivity contribution in [3.05, 3.63) is 69.4 Å². The number of carbonyl (C=O) groups is 1. The zero-order chi connectivity index (χ0) is 18.7. The average molecular weight is 375 g/mol. The molecule has 1 N–H and O–H groups in total. The highest BCUT2D eigenvalue weighted by atomic mass is 35.5. The number of ether oxygens (including phenoxy) is 1. The van der Waals surface area contributed by atoms with Gasteiger partial charge < -0.3 is 14.5 Å². The van der Waals surface area contributed by atoms with E-state index < -0.39 is 10.8 Å². The molecule has 0 unspecified atom stereocenters. The fourth-order valence-electron chi connectivity index (χ4n) is 2.47. The van der Waals surface area contributed by atoms with Gasteiger partial charge in [0.1, 0.15) is 11.3 Å². The van der Waals surface area contributed by atoms with E-state index in [1.807, 2.05) is 30.3 Å². The van der Waals surface area contributed by atoms with Gasteiger partial charge in [0.15, 0.2) is 12.4 Å². The Morgan fingerprint density at radius 3 is 2.81 bits per heavy atom. The molecule has 1 aromatic heterocycles. The van der Waals surface area contributed by atoms with E-state index in [4.69, 9.17) is 20.8 Å². The Hall–Kier alpha value is -3.06. The van der Waals surface area contributed by atoms with Crippen molar-refractivity contribution in [1.82, 2.24) is 5.32 Å². The minimum absolute atomic E-state index is 0.0223. The number of nitro benzene ring substituents is 1. The van der Waals surface area contributed by atoms with Gasteiger partial charge in [-0.25, -0.2) is 0 Å². The topological polar surface area (TPSA) is 94.6 Å². The zero-order valence-electron chi connectivity index (χ0n) is 13.8. The van der Waals surface area contributed by atoms with Gasteiger partial charge in [0.25, 0.3) is 5.91 Å². The van der Waals surface area contributed by atoms with Crippen LogP contribution in [0.25, 0.3) is 11.0 Å². The van der Waals surface area contributed by atoms with E-state index in [1.54, 1.807) is 6.92 Å². The molecule has 3 aromatic rings. The predicted octanol–water partition coefficient (Wildman–Crippen LogP) is 4.25. The monoisotopic (exact) mass is 374 g/mol. The maximum absolute atomic E-state index is 12.1. The lowest BCUT2D eigenvalue weighted by molar-refractivity contribution is -0.385. The van der Waals surface area contributed by atoms with Gasteiger partial charge in [-0.3, -0.25) is 14.9 Å². The maximum Gasteiger partial charge on any atom is 0.312 e. The number of hydrogen-bond acceptors (Lipinski definition) is 5. The number of para-hydroxylation sites is 1. The lowest BCUT2D eigenvalue weighted by Crippen LogP contribution is -2.31. The summed E-state index contributed by atoms with van der Waals surface area (Å²) in [5.74, 6) is 0.158. The first-order valence-corrected chi connectivity index (χ1v) is 8.16. The van der Waals surface area contributed by atoms with E-state index in [-0.39, 0.29) is 29.1 Å².